The lowest BCUT2D eigenvalue weighted by Crippen LogP contribution is -2.39. The molecule has 1 aromatic rings. The largest absolute Gasteiger partial charge is 0.334 e. The zero-order chi connectivity index (χ0) is 14.0. The molecule has 1 amide bonds. The Morgan fingerprint density at radius 2 is 2.32 bits per heavy atom. The van der Waals surface area contributed by atoms with Crippen molar-refractivity contribution in [2.45, 2.75) is 25.8 Å². The molecule has 6 heteroatoms. The van der Waals surface area contributed by atoms with Gasteiger partial charge in [-0.3, -0.25) is 14.9 Å². The van der Waals surface area contributed by atoms with Gasteiger partial charge in [0.1, 0.15) is 0 Å². The van der Waals surface area contributed by atoms with Crippen LogP contribution in [0.25, 0.3) is 0 Å². The van der Waals surface area contributed by atoms with Crippen LogP contribution in [0.15, 0.2) is 18.2 Å². The van der Waals surface area contributed by atoms with Crippen LogP contribution in [0.3, 0.4) is 0 Å². The molecule has 1 aliphatic rings. The molecule has 1 atom stereocenters. The second kappa shape index (κ2) is 5.36. The first-order valence-electron chi connectivity index (χ1n) is 6.30. The Balaban J connectivity index is 2.29. The van der Waals surface area contributed by atoms with E-state index in [-0.39, 0.29) is 17.6 Å². The minimum absolute atomic E-state index is 0.0191. The summed E-state index contributed by atoms with van der Waals surface area (Å²) in [6, 6.07) is 4.65. The van der Waals surface area contributed by atoms with Crippen LogP contribution >= 0.6 is 0 Å². The number of hydrogen-bond donors (Lipinski definition) is 1. The molecule has 0 spiro atoms. The van der Waals surface area contributed by atoms with Crippen molar-refractivity contribution < 1.29 is 9.72 Å². The first-order chi connectivity index (χ1) is 9.04. The van der Waals surface area contributed by atoms with E-state index in [1.165, 1.54) is 6.07 Å². The van der Waals surface area contributed by atoms with E-state index < -0.39 is 4.92 Å². The van der Waals surface area contributed by atoms with Crippen molar-refractivity contribution in [3.63, 3.8) is 0 Å². The van der Waals surface area contributed by atoms with Crippen LogP contribution in [0, 0.1) is 17.0 Å². The zero-order valence-electron chi connectivity index (χ0n) is 10.8. The Morgan fingerprint density at radius 3 is 2.95 bits per heavy atom. The number of amides is 1. The number of benzene rings is 1. The van der Waals surface area contributed by atoms with Gasteiger partial charge in [0, 0.05) is 36.3 Å². The number of nitro groups is 1. The standard InChI is InChI=1S/C13H17N3O3/c1-9-4-5-10(7-12(9)16(18)19)13(17)15-6-2-3-11(15)8-14/h4-5,7,11H,2-3,6,8,14H2,1H3. The molecule has 19 heavy (non-hydrogen) atoms. The van der Waals surface area contributed by atoms with Gasteiger partial charge in [-0.25, -0.2) is 0 Å². The molecule has 6 nitrogen and oxygen atoms in total. The average Bonchev–Trinajstić information content (AvgIpc) is 2.86. The minimum atomic E-state index is -0.462. The minimum Gasteiger partial charge on any atom is -0.334 e. The Morgan fingerprint density at radius 1 is 1.58 bits per heavy atom. The summed E-state index contributed by atoms with van der Waals surface area (Å²) in [6.45, 7) is 2.76. The SMILES string of the molecule is Cc1ccc(C(=O)N2CCCC2CN)cc1[N+](=O)[O-]. The van der Waals surface area contributed by atoms with E-state index in [9.17, 15) is 14.9 Å². The van der Waals surface area contributed by atoms with Gasteiger partial charge in [0.15, 0.2) is 0 Å². The number of likely N-dealkylation sites (tertiary alicyclic amines) is 1. The normalized spacial score (nSPS) is 18.6. The van der Waals surface area contributed by atoms with E-state index >= 15 is 0 Å². The Bertz CT molecular complexity index is 516. The van der Waals surface area contributed by atoms with Crippen molar-refractivity contribution in [2.75, 3.05) is 13.1 Å². The molecule has 2 N–H and O–H groups in total. The summed E-state index contributed by atoms with van der Waals surface area (Å²) in [5.41, 5.74) is 6.53. The van der Waals surface area contributed by atoms with Gasteiger partial charge in [0.25, 0.3) is 11.6 Å². The maximum atomic E-state index is 12.4. The third kappa shape index (κ3) is 2.58. The molecule has 1 aromatic carbocycles. The molecule has 1 unspecified atom stereocenters. The number of aryl methyl sites for hydroxylation is 1. The fraction of sp³-hybridized carbons (Fsp3) is 0.462. The van der Waals surface area contributed by atoms with E-state index in [2.05, 4.69) is 0 Å². The van der Waals surface area contributed by atoms with Crippen LogP contribution in [0.1, 0.15) is 28.8 Å². The molecule has 1 saturated heterocycles. The summed E-state index contributed by atoms with van der Waals surface area (Å²) >= 11 is 0. The van der Waals surface area contributed by atoms with Crippen LogP contribution in [-0.4, -0.2) is 34.9 Å². The molecule has 1 heterocycles. The molecule has 1 aliphatic heterocycles. The molecular weight excluding hydrogens is 246 g/mol. The predicted molar refractivity (Wildman–Crippen MR) is 70.9 cm³/mol. The molecule has 1 fully saturated rings. The molecule has 0 bridgehead atoms. The van der Waals surface area contributed by atoms with Crippen LogP contribution in [0.5, 0.6) is 0 Å². The van der Waals surface area contributed by atoms with Gasteiger partial charge in [0.05, 0.1) is 4.92 Å². The van der Waals surface area contributed by atoms with E-state index in [1.54, 1.807) is 24.0 Å². The van der Waals surface area contributed by atoms with Gasteiger partial charge >= 0.3 is 0 Å². The number of hydrogen-bond acceptors (Lipinski definition) is 4. The highest BCUT2D eigenvalue weighted by Crippen LogP contribution is 2.23. The van der Waals surface area contributed by atoms with Crippen molar-refractivity contribution in [2.24, 2.45) is 5.73 Å². The highest BCUT2D eigenvalue weighted by molar-refractivity contribution is 5.95. The summed E-state index contributed by atoms with van der Waals surface area (Å²) in [7, 11) is 0. The van der Waals surface area contributed by atoms with Crippen molar-refractivity contribution in [3.05, 3.63) is 39.4 Å². The number of carbonyl (C=O) groups excluding carboxylic acids is 1. The maximum absolute atomic E-state index is 12.4. The second-order valence-corrected chi connectivity index (χ2v) is 4.79. The van der Waals surface area contributed by atoms with Crippen LogP contribution in [0.2, 0.25) is 0 Å². The molecule has 0 saturated carbocycles. The van der Waals surface area contributed by atoms with Crippen molar-refractivity contribution in [1.29, 1.82) is 0 Å². The van der Waals surface area contributed by atoms with Gasteiger partial charge in [-0.15, -0.1) is 0 Å². The third-order valence-electron chi connectivity index (χ3n) is 3.56. The quantitative estimate of drug-likeness (QED) is 0.660. The first-order valence-corrected chi connectivity index (χ1v) is 6.30. The molecule has 0 aliphatic carbocycles. The van der Waals surface area contributed by atoms with Gasteiger partial charge in [-0.05, 0) is 25.8 Å². The molecular formula is C13H17N3O3. The van der Waals surface area contributed by atoms with Crippen molar-refractivity contribution in [1.82, 2.24) is 4.90 Å². The lowest BCUT2D eigenvalue weighted by molar-refractivity contribution is -0.385. The Labute approximate surface area is 111 Å². The van der Waals surface area contributed by atoms with Gasteiger partial charge in [-0.2, -0.15) is 0 Å². The predicted octanol–water partition coefficient (Wildman–Crippen LogP) is 1.47. The summed E-state index contributed by atoms with van der Waals surface area (Å²) < 4.78 is 0. The molecule has 2 rings (SSSR count). The fourth-order valence-corrected chi connectivity index (χ4v) is 2.45. The third-order valence-corrected chi connectivity index (χ3v) is 3.56. The smallest absolute Gasteiger partial charge is 0.273 e. The second-order valence-electron chi connectivity index (χ2n) is 4.79. The van der Waals surface area contributed by atoms with Crippen molar-refractivity contribution >= 4 is 11.6 Å². The Hall–Kier alpha value is -1.95. The summed E-state index contributed by atoms with van der Waals surface area (Å²) in [5.74, 6) is -0.170. The van der Waals surface area contributed by atoms with Crippen molar-refractivity contribution in [3.8, 4) is 0 Å². The van der Waals surface area contributed by atoms with Gasteiger partial charge in [-0.1, -0.05) is 6.07 Å². The summed E-state index contributed by atoms with van der Waals surface area (Å²) in [5, 5.41) is 10.9. The maximum Gasteiger partial charge on any atom is 0.273 e. The number of carbonyl (C=O) groups is 1. The lowest BCUT2D eigenvalue weighted by atomic mass is 10.1. The number of nitro benzene ring substituents is 1. The van der Waals surface area contributed by atoms with Gasteiger partial charge < -0.3 is 10.6 Å². The number of nitrogens with zero attached hydrogens (tertiary/aromatic N) is 2. The zero-order valence-corrected chi connectivity index (χ0v) is 10.8. The van der Waals surface area contributed by atoms with Gasteiger partial charge in [0.2, 0.25) is 0 Å². The van der Waals surface area contributed by atoms with E-state index in [4.69, 9.17) is 5.73 Å². The van der Waals surface area contributed by atoms with Crippen LogP contribution in [-0.2, 0) is 0 Å². The summed E-state index contributed by atoms with van der Waals surface area (Å²) in [6.07, 6.45) is 1.83. The monoisotopic (exact) mass is 263 g/mol. The summed E-state index contributed by atoms with van der Waals surface area (Å²) in [4.78, 5) is 24.5. The van der Waals surface area contributed by atoms with E-state index in [0.717, 1.165) is 12.8 Å². The topological polar surface area (TPSA) is 89.5 Å². The number of rotatable bonds is 3. The van der Waals surface area contributed by atoms with Crippen LogP contribution < -0.4 is 5.73 Å². The fourth-order valence-electron chi connectivity index (χ4n) is 2.45. The molecule has 0 aromatic heterocycles. The molecule has 0 radical (unpaired) electrons. The molecule has 102 valence electrons. The first kappa shape index (κ1) is 13.5. The highest BCUT2D eigenvalue weighted by Gasteiger charge is 2.29. The Kier molecular flexibility index (Phi) is 3.80. The van der Waals surface area contributed by atoms with Crippen LogP contribution in [0.4, 0.5) is 5.69 Å². The highest BCUT2D eigenvalue weighted by atomic mass is 16.6. The number of nitrogens with two attached hydrogens (primary N) is 1. The average molecular weight is 263 g/mol. The van der Waals surface area contributed by atoms with E-state index in [0.29, 0.717) is 24.2 Å². The lowest BCUT2D eigenvalue weighted by Gasteiger charge is -2.23. The van der Waals surface area contributed by atoms with E-state index in [1.807, 2.05) is 0 Å².